The summed E-state index contributed by atoms with van der Waals surface area (Å²) in [6.45, 7) is 2.42. The molecule has 1 rings (SSSR count). The van der Waals surface area contributed by atoms with Gasteiger partial charge in [0.05, 0.1) is 12.8 Å². The van der Waals surface area contributed by atoms with Crippen molar-refractivity contribution in [3.05, 3.63) is 35.9 Å². The molecule has 0 aromatic carbocycles. The third-order valence-electron chi connectivity index (χ3n) is 2.07. The maximum Gasteiger partial charge on any atom is 0.148 e. The highest BCUT2D eigenvalue weighted by Gasteiger charge is 1.94. The van der Waals surface area contributed by atoms with E-state index < -0.39 is 0 Å². The number of halogens is 1. The van der Waals surface area contributed by atoms with Crippen LogP contribution in [0.3, 0.4) is 0 Å². The summed E-state index contributed by atoms with van der Waals surface area (Å²) in [5, 5.41) is 3.20. The number of rotatable bonds is 7. The van der Waals surface area contributed by atoms with E-state index >= 15 is 0 Å². The second-order valence-electron chi connectivity index (χ2n) is 3.33. The third-order valence-corrected chi connectivity index (χ3v) is 2.07. The monoisotopic (exact) mass is 224 g/mol. The fraction of sp³-hybridized carbons (Fsp3) is 0.417. The zero-order chi connectivity index (χ0) is 11.6. The Morgan fingerprint density at radius 2 is 2.38 bits per heavy atom. The second-order valence-corrected chi connectivity index (χ2v) is 3.33. The fourth-order valence-corrected chi connectivity index (χ4v) is 1.22. The van der Waals surface area contributed by atoms with Crippen molar-refractivity contribution in [1.82, 2.24) is 10.3 Å². The number of nitrogens with zero attached hydrogens (tertiary/aromatic N) is 1. The first-order valence-corrected chi connectivity index (χ1v) is 5.30. The van der Waals surface area contributed by atoms with Crippen LogP contribution in [0.25, 0.3) is 6.08 Å². The van der Waals surface area contributed by atoms with Crippen LogP contribution >= 0.6 is 0 Å². The number of hydrogen-bond donors (Lipinski definition) is 1. The highest BCUT2D eigenvalue weighted by Crippen LogP contribution is 2.06. The Kier molecular flexibility index (Phi) is 6.37. The Labute approximate surface area is 95.3 Å². The van der Waals surface area contributed by atoms with Crippen molar-refractivity contribution < 1.29 is 9.13 Å². The van der Waals surface area contributed by atoms with Crippen molar-refractivity contribution in [3.8, 4) is 0 Å². The Morgan fingerprint density at radius 3 is 3.12 bits per heavy atom. The lowest BCUT2D eigenvalue weighted by Crippen LogP contribution is -2.19. The summed E-state index contributed by atoms with van der Waals surface area (Å²) in [5.74, 6) is -0.286. The van der Waals surface area contributed by atoms with Crippen LogP contribution in [-0.4, -0.2) is 31.8 Å². The van der Waals surface area contributed by atoms with E-state index in [0.717, 1.165) is 19.5 Å². The van der Waals surface area contributed by atoms with E-state index in [1.165, 1.54) is 6.20 Å². The molecule has 0 bridgehead atoms. The summed E-state index contributed by atoms with van der Waals surface area (Å²) in [5.41, 5.74) is 0.576. The average molecular weight is 224 g/mol. The molecule has 0 aliphatic heterocycles. The van der Waals surface area contributed by atoms with Gasteiger partial charge in [0.25, 0.3) is 0 Å². The van der Waals surface area contributed by atoms with Crippen LogP contribution in [0, 0.1) is 5.82 Å². The molecule has 3 nitrogen and oxygen atoms in total. The van der Waals surface area contributed by atoms with Gasteiger partial charge >= 0.3 is 0 Å². The highest BCUT2D eigenvalue weighted by atomic mass is 19.1. The van der Waals surface area contributed by atoms with E-state index in [0.29, 0.717) is 12.2 Å². The highest BCUT2D eigenvalue weighted by molar-refractivity contribution is 5.48. The maximum absolute atomic E-state index is 13.1. The van der Waals surface area contributed by atoms with Gasteiger partial charge in [0.1, 0.15) is 5.82 Å². The summed E-state index contributed by atoms with van der Waals surface area (Å²) in [6.07, 6.45) is 7.38. The standard InChI is InChI=1S/C12H17FN2O/c1-16-9-8-14-6-3-2-4-11-5-7-15-10-12(11)13/h2,4-5,7,10,14H,3,6,8-9H2,1H3/b4-2+. The van der Waals surface area contributed by atoms with Crippen LogP contribution in [0.5, 0.6) is 0 Å². The Balaban J connectivity index is 2.20. The number of aromatic nitrogens is 1. The van der Waals surface area contributed by atoms with Crippen LogP contribution in [0.4, 0.5) is 4.39 Å². The predicted octanol–water partition coefficient (Wildman–Crippen LogP) is 1.86. The smallest absolute Gasteiger partial charge is 0.148 e. The normalized spacial score (nSPS) is 11.1. The van der Waals surface area contributed by atoms with Gasteiger partial charge in [-0.3, -0.25) is 4.98 Å². The molecule has 0 saturated heterocycles. The molecule has 0 unspecified atom stereocenters. The number of nitrogens with one attached hydrogen (secondary N) is 1. The topological polar surface area (TPSA) is 34.1 Å². The first kappa shape index (κ1) is 12.8. The molecule has 88 valence electrons. The molecular weight excluding hydrogens is 207 g/mol. The molecule has 1 aromatic rings. The minimum Gasteiger partial charge on any atom is -0.383 e. The molecule has 0 atom stereocenters. The van der Waals surface area contributed by atoms with E-state index in [1.54, 1.807) is 25.4 Å². The Morgan fingerprint density at radius 1 is 1.50 bits per heavy atom. The lowest BCUT2D eigenvalue weighted by molar-refractivity contribution is 0.199. The van der Waals surface area contributed by atoms with Gasteiger partial charge in [-0.05, 0) is 19.0 Å². The van der Waals surface area contributed by atoms with Crippen molar-refractivity contribution in [3.63, 3.8) is 0 Å². The molecule has 1 heterocycles. The lowest BCUT2D eigenvalue weighted by Gasteiger charge is -2.00. The zero-order valence-corrected chi connectivity index (χ0v) is 9.45. The van der Waals surface area contributed by atoms with Crippen LogP contribution < -0.4 is 5.32 Å². The molecule has 4 heteroatoms. The summed E-state index contributed by atoms with van der Waals surface area (Å²) in [7, 11) is 1.67. The van der Waals surface area contributed by atoms with Gasteiger partial charge in [-0.1, -0.05) is 12.2 Å². The van der Waals surface area contributed by atoms with Crippen LogP contribution in [0.15, 0.2) is 24.5 Å². The molecular formula is C12H17FN2O. The van der Waals surface area contributed by atoms with Gasteiger partial charge in [-0.15, -0.1) is 0 Å². The minimum absolute atomic E-state index is 0.286. The SMILES string of the molecule is COCCNCC/C=C/c1ccncc1F. The largest absolute Gasteiger partial charge is 0.383 e. The Bertz CT molecular complexity index is 329. The fourth-order valence-electron chi connectivity index (χ4n) is 1.22. The summed E-state index contributed by atoms with van der Waals surface area (Å²) in [6, 6.07) is 1.66. The molecule has 1 N–H and O–H groups in total. The zero-order valence-electron chi connectivity index (χ0n) is 9.45. The molecule has 0 saturated carbocycles. The van der Waals surface area contributed by atoms with Crippen molar-refractivity contribution in [1.29, 1.82) is 0 Å². The quantitative estimate of drug-likeness (QED) is 0.718. The molecule has 16 heavy (non-hydrogen) atoms. The van der Waals surface area contributed by atoms with Gasteiger partial charge < -0.3 is 10.1 Å². The number of methoxy groups -OCH3 is 1. The predicted molar refractivity (Wildman–Crippen MR) is 62.6 cm³/mol. The maximum atomic E-state index is 13.1. The Hall–Kier alpha value is -1.26. The first-order valence-electron chi connectivity index (χ1n) is 5.30. The summed E-state index contributed by atoms with van der Waals surface area (Å²) >= 11 is 0. The van der Waals surface area contributed by atoms with Gasteiger partial charge in [0.2, 0.25) is 0 Å². The minimum atomic E-state index is -0.286. The van der Waals surface area contributed by atoms with Gasteiger partial charge in [0, 0.05) is 25.4 Å². The van der Waals surface area contributed by atoms with E-state index in [1.807, 2.05) is 6.08 Å². The summed E-state index contributed by atoms with van der Waals surface area (Å²) in [4.78, 5) is 3.69. The van der Waals surface area contributed by atoms with Gasteiger partial charge in [-0.25, -0.2) is 4.39 Å². The van der Waals surface area contributed by atoms with Gasteiger partial charge in [-0.2, -0.15) is 0 Å². The van der Waals surface area contributed by atoms with Crippen molar-refractivity contribution in [2.45, 2.75) is 6.42 Å². The second kappa shape index (κ2) is 7.96. The van der Waals surface area contributed by atoms with Crippen LogP contribution in [0.2, 0.25) is 0 Å². The third kappa shape index (κ3) is 5.00. The molecule has 0 radical (unpaired) electrons. The number of pyridine rings is 1. The van der Waals surface area contributed by atoms with Crippen molar-refractivity contribution in [2.75, 3.05) is 26.8 Å². The molecule has 0 spiro atoms. The first-order chi connectivity index (χ1) is 7.84. The van der Waals surface area contributed by atoms with Crippen LogP contribution in [-0.2, 0) is 4.74 Å². The van der Waals surface area contributed by atoms with E-state index in [4.69, 9.17) is 4.74 Å². The molecule has 0 aliphatic carbocycles. The number of hydrogen-bond acceptors (Lipinski definition) is 3. The van der Waals surface area contributed by atoms with Gasteiger partial charge in [0.15, 0.2) is 0 Å². The molecule has 1 aromatic heterocycles. The van der Waals surface area contributed by atoms with Crippen molar-refractivity contribution >= 4 is 6.08 Å². The van der Waals surface area contributed by atoms with Crippen LogP contribution in [0.1, 0.15) is 12.0 Å². The lowest BCUT2D eigenvalue weighted by atomic mass is 10.2. The molecule has 0 fully saturated rings. The summed E-state index contributed by atoms with van der Waals surface area (Å²) < 4.78 is 18.0. The van der Waals surface area contributed by atoms with Crippen molar-refractivity contribution in [2.24, 2.45) is 0 Å². The number of ether oxygens (including phenoxy) is 1. The molecule has 0 amide bonds. The van der Waals surface area contributed by atoms with E-state index in [2.05, 4.69) is 10.3 Å². The van der Waals surface area contributed by atoms with E-state index in [9.17, 15) is 4.39 Å². The molecule has 0 aliphatic rings. The average Bonchev–Trinajstić information content (AvgIpc) is 2.30. The van der Waals surface area contributed by atoms with E-state index in [-0.39, 0.29) is 5.82 Å².